The van der Waals surface area contributed by atoms with Gasteiger partial charge in [-0.1, -0.05) is 24.3 Å². The van der Waals surface area contributed by atoms with E-state index in [-0.39, 0.29) is 0 Å². The van der Waals surface area contributed by atoms with E-state index in [1.807, 2.05) is 49.8 Å². The minimum atomic E-state index is 0.726. The molecule has 1 heterocycles. The summed E-state index contributed by atoms with van der Waals surface area (Å²) in [4.78, 5) is 4.25. The first-order valence-corrected chi connectivity index (χ1v) is 8.25. The summed E-state index contributed by atoms with van der Waals surface area (Å²) in [5.74, 6) is 1.45. The molecule has 130 valence electrons. The molecular formula is C20H23N3O2. The molecule has 5 heteroatoms. The molecule has 1 aromatic heterocycles. The molecule has 0 atom stereocenters. The van der Waals surface area contributed by atoms with Crippen LogP contribution in [0.2, 0.25) is 0 Å². The van der Waals surface area contributed by atoms with Gasteiger partial charge in [0.2, 0.25) is 0 Å². The van der Waals surface area contributed by atoms with Crippen LogP contribution < -0.4 is 14.8 Å². The summed E-state index contributed by atoms with van der Waals surface area (Å²) in [5.41, 5.74) is 4.33. The number of hydrogen-bond acceptors (Lipinski definition) is 4. The standard InChI is InChI=1S/C20H23N3O2/c1-15-13-23(14-22-15)11-10-21-18-7-5-4-6-17(18)16-8-9-19(24-2)20(12-16)25-3/h4-9,12-14,21H,10-11H2,1-3H3. The van der Waals surface area contributed by atoms with Crippen molar-refractivity contribution in [2.45, 2.75) is 13.5 Å². The van der Waals surface area contributed by atoms with Crippen LogP contribution in [0.1, 0.15) is 5.69 Å². The number of nitrogens with one attached hydrogen (secondary N) is 1. The molecule has 0 fully saturated rings. The first-order chi connectivity index (χ1) is 12.2. The number of aromatic nitrogens is 2. The smallest absolute Gasteiger partial charge is 0.161 e. The summed E-state index contributed by atoms with van der Waals surface area (Å²) in [6, 6.07) is 14.2. The topological polar surface area (TPSA) is 48.3 Å². The van der Waals surface area contributed by atoms with Gasteiger partial charge in [0.05, 0.1) is 26.2 Å². The van der Waals surface area contributed by atoms with E-state index in [0.717, 1.165) is 47.1 Å². The average molecular weight is 337 g/mol. The fraction of sp³-hybridized carbons (Fsp3) is 0.250. The molecular weight excluding hydrogens is 314 g/mol. The molecule has 3 rings (SSSR count). The third kappa shape index (κ3) is 3.94. The van der Waals surface area contributed by atoms with Crippen molar-refractivity contribution in [2.75, 3.05) is 26.1 Å². The summed E-state index contributed by atoms with van der Waals surface area (Å²) in [6.45, 7) is 3.68. The van der Waals surface area contributed by atoms with Gasteiger partial charge in [-0.15, -0.1) is 0 Å². The third-order valence-electron chi connectivity index (χ3n) is 4.07. The number of nitrogens with zero attached hydrogens (tertiary/aromatic N) is 2. The molecule has 3 aromatic rings. The summed E-state index contributed by atoms with van der Waals surface area (Å²) in [5, 5.41) is 3.51. The van der Waals surface area contributed by atoms with Crippen molar-refractivity contribution in [2.24, 2.45) is 0 Å². The van der Waals surface area contributed by atoms with Gasteiger partial charge in [-0.05, 0) is 30.7 Å². The molecule has 0 radical (unpaired) electrons. The Morgan fingerprint density at radius 3 is 2.56 bits per heavy atom. The molecule has 0 aliphatic heterocycles. The molecule has 2 aromatic carbocycles. The number of hydrogen-bond donors (Lipinski definition) is 1. The highest BCUT2D eigenvalue weighted by molar-refractivity contribution is 5.79. The highest BCUT2D eigenvalue weighted by Crippen LogP contribution is 2.35. The Morgan fingerprint density at radius 1 is 1.04 bits per heavy atom. The molecule has 0 bridgehead atoms. The predicted molar refractivity (Wildman–Crippen MR) is 100 cm³/mol. The van der Waals surface area contributed by atoms with Crippen LogP contribution >= 0.6 is 0 Å². The van der Waals surface area contributed by atoms with Crippen molar-refractivity contribution in [1.82, 2.24) is 9.55 Å². The largest absolute Gasteiger partial charge is 0.493 e. The number of anilines is 1. The lowest BCUT2D eigenvalue weighted by molar-refractivity contribution is 0.355. The lowest BCUT2D eigenvalue weighted by atomic mass is 10.0. The highest BCUT2D eigenvalue weighted by Gasteiger charge is 2.09. The summed E-state index contributed by atoms with van der Waals surface area (Å²) in [7, 11) is 3.30. The molecule has 0 saturated heterocycles. The van der Waals surface area contributed by atoms with Crippen molar-refractivity contribution in [3.05, 3.63) is 60.7 Å². The van der Waals surface area contributed by atoms with Gasteiger partial charge in [-0.25, -0.2) is 4.98 Å². The number of para-hydroxylation sites is 1. The van der Waals surface area contributed by atoms with Crippen LogP contribution in [0.25, 0.3) is 11.1 Å². The molecule has 0 aliphatic rings. The van der Waals surface area contributed by atoms with Crippen molar-refractivity contribution < 1.29 is 9.47 Å². The Balaban J connectivity index is 1.78. The Morgan fingerprint density at radius 2 is 1.84 bits per heavy atom. The van der Waals surface area contributed by atoms with Crippen LogP contribution in [0.15, 0.2) is 55.0 Å². The van der Waals surface area contributed by atoms with Crippen molar-refractivity contribution in [3.63, 3.8) is 0 Å². The fourth-order valence-corrected chi connectivity index (χ4v) is 2.81. The van der Waals surface area contributed by atoms with E-state index in [2.05, 4.69) is 27.0 Å². The van der Waals surface area contributed by atoms with Crippen molar-refractivity contribution in [1.29, 1.82) is 0 Å². The maximum Gasteiger partial charge on any atom is 0.161 e. The number of imidazole rings is 1. The molecule has 5 nitrogen and oxygen atoms in total. The number of ether oxygens (including phenoxy) is 2. The molecule has 0 aliphatic carbocycles. The molecule has 0 unspecified atom stereocenters. The van der Waals surface area contributed by atoms with Gasteiger partial charge in [0.1, 0.15) is 0 Å². The van der Waals surface area contributed by atoms with Gasteiger partial charge < -0.3 is 19.4 Å². The summed E-state index contributed by atoms with van der Waals surface area (Å²) in [6.07, 6.45) is 3.90. The van der Waals surface area contributed by atoms with Gasteiger partial charge in [0, 0.05) is 30.5 Å². The third-order valence-corrected chi connectivity index (χ3v) is 4.07. The Hall–Kier alpha value is -2.95. The van der Waals surface area contributed by atoms with Gasteiger partial charge in [0.25, 0.3) is 0 Å². The van der Waals surface area contributed by atoms with Crippen LogP contribution in [-0.4, -0.2) is 30.3 Å². The number of rotatable bonds is 7. The minimum absolute atomic E-state index is 0.726. The molecule has 0 amide bonds. The highest BCUT2D eigenvalue weighted by atomic mass is 16.5. The quantitative estimate of drug-likeness (QED) is 0.708. The van der Waals surface area contributed by atoms with Crippen molar-refractivity contribution in [3.8, 4) is 22.6 Å². The van der Waals surface area contributed by atoms with Crippen LogP contribution in [0.3, 0.4) is 0 Å². The van der Waals surface area contributed by atoms with Crippen LogP contribution in [0.5, 0.6) is 11.5 Å². The predicted octanol–water partition coefficient (Wildman–Crippen LogP) is 3.99. The van der Waals surface area contributed by atoms with E-state index in [4.69, 9.17) is 9.47 Å². The minimum Gasteiger partial charge on any atom is -0.493 e. The Labute approximate surface area is 148 Å². The Kier molecular flexibility index (Phi) is 5.23. The Bertz CT molecular complexity index is 842. The zero-order valence-corrected chi connectivity index (χ0v) is 14.8. The van der Waals surface area contributed by atoms with E-state index in [1.54, 1.807) is 14.2 Å². The zero-order valence-electron chi connectivity index (χ0n) is 14.8. The van der Waals surface area contributed by atoms with Gasteiger partial charge >= 0.3 is 0 Å². The van der Waals surface area contributed by atoms with Gasteiger partial charge in [-0.2, -0.15) is 0 Å². The second-order valence-corrected chi connectivity index (χ2v) is 5.79. The second-order valence-electron chi connectivity index (χ2n) is 5.79. The van der Waals surface area contributed by atoms with Gasteiger partial charge in [-0.3, -0.25) is 0 Å². The van der Waals surface area contributed by atoms with E-state index < -0.39 is 0 Å². The first-order valence-electron chi connectivity index (χ1n) is 8.25. The zero-order chi connectivity index (χ0) is 17.6. The lowest BCUT2D eigenvalue weighted by Crippen LogP contribution is -2.09. The van der Waals surface area contributed by atoms with E-state index in [9.17, 15) is 0 Å². The number of benzene rings is 2. The first kappa shape index (κ1) is 16.9. The van der Waals surface area contributed by atoms with Crippen LogP contribution in [0, 0.1) is 6.92 Å². The van der Waals surface area contributed by atoms with Crippen molar-refractivity contribution >= 4 is 5.69 Å². The second kappa shape index (κ2) is 7.75. The van der Waals surface area contributed by atoms with Gasteiger partial charge in [0.15, 0.2) is 11.5 Å². The van der Waals surface area contributed by atoms with Crippen LogP contribution in [-0.2, 0) is 6.54 Å². The van der Waals surface area contributed by atoms with Crippen LogP contribution in [0.4, 0.5) is 5.69 Å². The average Bonchev–Trinajstić information content (AvgIpc) is 3.06. The maximum absolute atomic E-state index is 5.42. The SMILES string of the molecule is COc1ccc(-c2ccccc2NCCn2cnc(C)c2)cc1OC. The fourth-order valence-electron chi connectivity index (χ4n) is 2.81. The summed E-state index contributed by atoms with van der Waals surface area (Å²) < 4.78 is 12.8. The van der Waals surface area contributed by atoms with E-state index >= 15 is 0 Å². The number of aryl methyl sites for hydroxylation is 1. The monoisotopic (exact) mass is 337 g/mol. The molecule has 0 saturated carbocycles. The lowest BCUT2D eigenvalue weighted by Gasteiger charge is -2.14. The summed E-state index contributed by atoms with van der Waals surface area (Å²) >= 11 is 0. The normalized spacial score (nSPS) is 10.5. The number of methoxy groups -OCH3 is 2. The molecule has 0 spiro atoms. The molecule has 25 heavy (non-hydrogen) atoms. The maximum atomic E-state index is 5.42. The van der Waals surface area contributed by atoms with E-state index in [0.29, 0.717) is 0 Å². The van der Waals surface area contributed by atoms with E-state index in [1.165, 1.54) is 0 Å². The molecule has 1 N–H and O–H groups in total.